The Kier molecular flexibility index (Phi) is 6.38. The highest BCUT2D eigenvalue weighted by Gasteiger charge is 2.35. The highest BCUT2D eigenvalue weighted by molar-refractivity contribution is 5.97. The van der Waals surface area contributed by atoms with E-state index >= 15 is 0 Å². The fraction of sp³-hybridized carbons (Fsp3) is 0.265. The predicted molar refractivity (Wildman–Crippen MR) is 148 cm³/mol. The Morgan fingerprint density at radius 3 is 1.92 bits per heavy atom. The van der Waals surface area contributed by atoms with Gasteiger partial charge in [0, 0.05) is 42.6 Å². The van der Waals surface area contributed by atoms with Gasteiger partial charge in [0.05, 0.1) is 0 Å². The normalized spacial score (nSPS) is 18.4. The molecule has 0 saturated heterocycles. The van der Waals surface area contributed by atoms with Crippen molar-refractivity contribution >= 4 is 11.5 Å². The lowest BCUT2D eigenvalue weighted by molar-refractivity contribution is 0.0982. The van der Waals surface area contributed by atoms with E-state index in [2.05, 4.69) is 77.7 Å². The van der Waals surface area contributed by atoms with Crippen molar-refractivity contribution in [2.24, 2.45) is 0 Å². The average Bonchev–Trinajstić information content (AvgIpc) is 2.94. The van der Waals surface area contributed by atoms with Crippen molar-refractivity contribution in [1.82, 2.24) is 0 Å². The molecule has 6 rings (SSSR count). The SMILES string of the molecule is Cc1cc(CCC(=O)c2cc3c4c(c2)C(c2ccccc2)CCN4CCC3c2ccccc2)ccc1F. The molecule has 0 fully saturated rings. The molecule has 37 heavy (non-hydrogen) atoms. The van der Waals surface area contributed by atoms with Gasteiger partial charge in [0.15, 0.2) is 5.78 Å². The third-order valence-corrected chi connectivity index (χ3v) is 8.20. The number of anilines is 1. The number of hydrogen-bond donors (Lipinski definition) is 0. The van der Waals surface area contributed by atoms with Crippen LogP contribution in [0.3, 0.4) is 0 Å². The molecule has 0 aliphatic carbocycles. The number of benzene rings is 4. The van der Waals surface area contributed by atoms with E-state index in [1.165, 1.54) is 34.0 Å². The summed E-state index contributed by atoms with van der Waals surface area (Å²) in [7, 11) is 0. The molecule has 0 radical (unpaired) electrons. The largest absolute Gasteiger partial charge is 0.371 e. The molecule has 186 valence electrons. The minimum absolute atomic E-state index is 0.155. The molecule has 0 amide bonds. The van der Waals surface area contributed by atoms with Crippen LogP contribution in [0.4, 0.5) is 10.1 Å². The van der Waals surface area contributed by atoms with Gasteiger partial charge in [0.1, 0.15) is 5.82 Å². The number of carbonyl (C=O) groups excluding carboxylic acids is 1. The molecule has 2 heterocycles. The molecule has 4 aromatic rings. The molecule has 2 atom stereocenters. The fourth-order valence-electron chi connectivity index (χ4n) is 6.28. The smallest absolute Gasteiger partial charge is 0.163 e. The lowest BCUT2D eigenvalue weighted by Gasteiger charge is -2.43. The number of ketones is 1. The van der Waals surface area contributed by atoms with E-state index in [-0.39, 0.29) is 23.4 Å². The molecule has 2 nitrogen and oxygen atoms in total. The van der Waals surface area contributed by atoms with E-state index in [9.17, 15) is 9.18 Å². The predicted octanol–water partition coefficient (Wildman–Crippen LogP) is 7.83. The summed E-state index contributed by atoms with van der Waals surface area (Å²) in [6.07, 6.45) is 3.14. The monoisotopic (exact) mass is 489 g/mol. The first-order valence-corrected chi connectivity index (χ1v) is 13.4. The zero-order valence-electron chi connectivity index (χ0n) is 21.3. The van der Waals surface area contributed by atoms with E-state index in [0.29, 0.717) is 18.4 Å². The van der Waals surface area contributed by atoms with Gasteiger partial charge in [0.2, 0.25) is 0 Å². The minimum atomic E-state index is -0.202. The zero-order valence-corrected chi connectivity index (χ0v) is 21.3. The molecule has 3 heteroatoms. The Labute approximate surface area is 218 Å². The highest BCUT2D eigenvalue weighted by Crippen LogP contribution is 2.49. The summed E-state index contributed by atoms with van der Waals surface area (Å²) >= 11 is 0. The Hall–Kier alpha value is -3.72. The summed E-state index contributed by atoms with van der Waals surface area (Å²) in [6, 6.07) is 30.9. The molecule has 0 aromatic heterocycles. The van der Waals surface area contributed by atoms with Crippen LogP contribution in [0.25, 0.3) is 0 Å². The van der Waals surface area contributed by atoms with Crippen LogP contribution in [0.1, 0.15) is 74.8 Å². The van der Waals surface area contributed by atoms with Crippen LogP contribution in [0, 0.1) is 12.7 Å². The Morgan fingerprint density at radius 2 is 1.38 bits per heavy atom. The molecule has 2 unspecified atom stereocenters. The summed E-state index contributed by atoms with van der Waals surface area (Å²) in [5.74, 6) is 0.524. The molecule has 2 aliphatic rings. The number of Topliss-reactive ketones (excluding diaryl/α,β-unsaturated/α-hetero) is 1. The molecule has 0 saturated carbocycles. The Bertz CT molecular complexity index is 1360. The van der Waals surface area contributed by atoms with E-state index in [1.807, 2.05) is 6.07 Å². The van der Waals surface area contributed by atoms with Crippen LogP contribution in [-0.4, -0.2) is 18.9 Å². The van der Waals surface area contributed by atoms with Crippen LogP contribution in [0.5, 0.6) is 0 Å². The maximum Gasteiger partial charge on any atom is 0.163 e. The van der Waals surface area contributed by atoms with Crippen LogP contribution in [0.15, 0.2) is 91.0 Å². The lowest BCUT2D eigenvalue weighted by Crippen LogP contribution is -2.37. The van der Waals surface area contributed by atoms with E-state index in [0.717, 1.165) is 37.1 Å². The maximum absolute atomic E-state index is 13.7. The molecule has 2 aliphatic heterocycles. The van der Waals surface area contributed by atoms with Crippen LogP contribution >= 0.6 is 0 Å². The van der Waals surface area contributed by atoms with Crippen molar-refractivity contribution in [3.63, 3.8) is 0 Å². The van der Waals surface area contributed by atoms with Crippen molar-refractivity contribution in [2.45, 2.75) is 44.4 Å². The van der Waals surface area contributed by atoms with Gasteiger partial charge in [-0.25, -0.2) is 4.39 Å². The van der Waals surface area contributed by atoms with Crippen molar-refractivity contribution < 1.29 is 9.18 Å². The summed E-state index contributed by atoms with van der Waals surface area (Å²) in [5, 5.41) is 0. The third kappa shape index (κ3) is 4.59. The molecule has 0 N–H and O–H groups in total. The van der Waals surface area contributed by atoms with E-state index in [1.54, 1.807) is 13.0 Å². The Morgan fingerprint density at radius 1 is 0.811 bits per heavy atom. The number of halogens is 1. The van der Waals surface area contributed by atoms with Gasteiger partial charge in [-0.05, 0) is 77.8 Å². The van der Waals surface area contributed by atoms with Gasteiger partial charge in [-0.15, -0.1) is 0 Å². The van der Waals surface area contributed by atoms with Crippen molar-refractivity contribution in [1.29, 1.82) is 0 Å². The summed E-state index contributed by atoms with van der Waals surface area (Å²) in [6.45, 7) is 3.85. The zero-order chi connectivity index (χ0) is 25.4. The minimum Gasteiger partial charge on any atom is -0.371 e. The second-order valence-electron chi connectivity index (χ2n) is 10.5. The van der Waals surface area contributed by atoms with E-state index in [4.69, 9.17) is 0 Å². The summed E-state index contributed by atoms with van der Waals surface area (Å²) in [5.41, 5.74) is 8.98. The summed E-state index contributed by atoms with van der Waals surface area (Å²) < 4.78 is 13.7. The number of hydrogen-bond acceptors (Lipinski definition) is 2. The first-order valence-electron chi connectivity index (χ1n) is 13.4. The van der Waals surface area contributed by atoms with Gasteiger partial charge < -0.3 is 4.90 Å². The maximum atomic E-state index is 13.7. The molecule has 0 spiro atoms. The topological polar surface area (TPSA) is 20.3 Å². The molecule has 4 aromatic carbocycles. The highest BCUT2D eigenvalue weighted by atomic mass is 19.1. The molecular formula is C34H32FNO. The number of rotatable bonds is 6. The molecular weight excluding hydrogens is 457 g/mol. The lowest BCUT2D eigenvalue weighted by atomic mass is 9.75. The van der Waals surface area contributed by atoms with Gasteiger partial charge in [-0.3, -0.25) is 4.79 Å². The number of nitrogens with zero attached hydrogens (tertiary/aromatic N) is 1. The van der Waals surface area contributed by atoms with Crippen molar-refractivity contribution in [3.05, 3.63) is 136 Å². The van der Waals surface area contributed by atoms with Gasteiger partial charge >= 0.3 is 0 Å². The van der Waals surface area contributed by atoms with Crippen LogP contribution in [0.2, 0.25) is 0 Å². The standard InChI is InChI=1S/C34H32FNO/c1-23-20-24(12-14-32(23)35)13-15-33(37)27-21-30-28(25-8-4-2-5-9-25)16-18-36-19-17-29(31(22-27)34(30)36)26-10-6-3-7-11-26/h2-12,14,20-22,28-29H,13,15-19H2,1H3. The second-order valence-corrected chi connectivity index (χ2v) is 10.5. The van der Waals surface area contributed by atoms with Crippen LogP contribution < -0.4 is 4.90 Å². The third-order valence-electron chi connectivity index (χ3n) is 8.20. The fourth-order valence-corrected chi connectivity index (χ4v) is 6.28. The number of carbonyl (C=O) groups is 1. The van der Waals surface area contributed by atoms with Crippen molar-refractivity contribution in [3.8, 4) is 0 Å². The Balaban J connectivity index is 1.41. The van der Waals surface area contributed by atoms with Crippen molar-refractivity contribution in [2.75, 3.05) is 18.0 Å². The first kappa shape index (κ1) is 23.7. The van der Waals surface area contributed by atoms with Gasteiger partial charge in [0.25, 0.3) is 0 Å². The summed E-state index contributed by atoms with van der Waals surface area (Å²) in [4.78, 5) is 16.2. The first-order chi connectivity index (χ1) is 18.1. The second kappa shape index (κ2) is 9.97. The van der Waals surface area contributed by atoms with Crippen LogP contribution in [-0.2, 0) is 6.42 Å². The van der Waals surface area contributed by atoms with Gasteiger partial charge in [-0.2, -0.15) is 0 Å². The number of aryl methyl sites for hydroxylation is 2. The van der Waals surface area contributed by atoms with E-state index < -0.39 is 0 Å². The quantitative estimate of drug-likeness (QED) is 0.257. The average molecular weight is 490 g/mol. The van der Waals surface area contributed by atoms with Gasteiger partial charge in [-0.1, -0.05) is 72.8 Å². The molecule has 0 bridgehead atoms.